The summed E-state index contributed by atoms with van der Waals surface area (Å²) in [6.45, 7) is 3.86. The third-order valence-corrected chi connectivity index (χ3v) is 6.96. The third kappa shape index (κ3) is 4.98. The van der Waals surface area contributed by atoms with Crippen molar-refractivity contribution in [1.29, 1.82) is 0 Å². The van der Waals surface area contributed by atoms with Crippen LogP contribution < -0.4 is 9.46 Å². The Labute approximate surface area is 203 Å². The molecule has 2 aliphatic rings. The lowest BCUT2D eigenvalue weighted by atomic mass is 10.0. The topological polar surface area (TPSA) is 71.5 Å². The fraction of sp³-hybridized carbons (Fsp3) is 0.192. The van der Waals surface area contributed by atoms with Crippen molar-refractivity contribution in [2.45, 2.75) is 31.6 Å². The molecule has 0 atom stereocenters. The van der Waals surface area contributed by atoms with E-state index in [-0.39, 0.29) is 11.6 Å². The zero-order valence-corrected chi connectivity index (χ0v) is 20.2. The molecule has 3 heterocycles. The highest BCUT2D eigenvalue weighted by Crippen LogP contribution is 2.35. The summed E-state index contributed by atoms with van der Waals surface area (Å²) >= 11 is 0. The number of nitrogens with one attached hydrogen (secondary N) is 1. The Morgan fingerprint density at radius 2 is 2.00 bits per heavy atom. The molecule has 2 aromatic rings. The molecule has 4 rings (SSSR count). The molecular weight excluding hydrogens is 472 g/mol. The van der Waals surface area contributed by atoms with Gasteiger partial charge in [-0.05, 0) is 62.5 Å². The molecule has 0 amide bonds. The number of rotatable bonds is 5. The highest BCUT2D eigenvalue weighted by molar-refractivity contribution is 7.92. The lowest BCUT2D eigenvalue weighted by Gasteiger charge is -2.26. The van der Waals surface area contributed by atoms with E-state index in [1.165, 1.54) is 12.7 Å². The van der Waals surface area contributed by atoms with Gasteiger partial charge in [-0.3, -0.25) is 4.72 Å². The smallest absolute Gasteiger partial charge is 0.264 e. The van der Waals surface area contributed by atoms with E-state index in [1.807, 2.05) is 23.3 Å². The molecule has 35 heavy (non-hydrogen) atoms. The summed E-state index contributed by atoms with van der Waals surface area (Å²) < 4.78 is 60.6. The zero-order chi connectivity index (χ0) is 25.2. The van der Waals surface area contributed by atoms with Gasteiger partial charge in [0.25, 0.3) is 10.0 Å². The maximum Gasteiger partial charge on any atom is 0.264 e. The Bertz CT molecular complexity index is 1480. The van der Waals surface area contributed by atoms with E-state index in [0.717, 1.165) is 41.9 Å². The van der Waals surface area contributed by atoms with Gasteiger partial charge >= 0.3 is 0 Å². The second kappa shape index (κ2) is 9.76. The number of methoxy groups -OCH3 is 1. The highest BCUT2D eigenvalue weighted by atomic mass is 32.2. The molecule has 2 aliphatic heterocycles. The number of nitrogens with zero attached hydrogens (tertiary/aromatic N) is 2. The Balaban J connectivity index is 1.74. The summed E-state index contributed by atoms with van der Waals surface area (Å²) in [5.41, 5.74) is 4.49. The number of hydrogen-bond acceptors (Lipinski definition) is 5. The van der Waals surface area contributed by atoms with Crippen LogP contribution in [0.3, 0.4) is 0 Å². The Morgan fingerprint density at radius 1 is 1.20 bits per heavy atom. The summed E-state index contributed by atoms with van der Waals surface area (Å²) in [5, 5.41) is 0. The monoisotopic (exact) mass is 495 g/mol. The van der Waals surface area contributed by atoms with Gasteiger partial charge in [0.05, 0.1) is 12.8 Å². The molecule has 0 unspecified atom stereocenters. The number of fused-ring (bicyclic) bond motifs is 1. The van der Waals surface area contributed by atoms with Gasteiger partial charge in [-0.15, -0.1) is 0 Å². The summed E-state index contributed by atoms with van der Waals surface area (Å²) in [6, 6.07) is 3.80. The predicted octanol–water partition coefficient (Wildman–Crippen LogP) is 5.36. The van der Waals surface area contributed by atoms with Gasteiger partial charge in [-0.1, -0.05) is 18.1 Å². The maximum absolute atomic E-state index is 14.2. The number of anilines is 1. The van der Waals surface area contributed by atoms with E-state index >= 15 is 0 Å². The standard InChI is InChI=1S/C26H23F2N3O3S/c1-4-6-21-8-5-7-17(2)24-11-9-18(16-31(21)24)19-13-23(26(34-3)29-15-19)30-35(32,33)25-12-10-20(27)14-22(25)28/h8-16,30H,5,7H2,1-3H3. The number of sulfonamides is 1. The predicted molar refractivity (Wildman–Crippen MR) is 130 cm³/mol. The van der Waals surface area contributed by atoms with E-state index < -0.39 is 26.6 Å². The molecule has 180 valence electrons. The molecule has 6 nitrogen and oxygen atoms in total. The summed E-state index contributed by atoms with van der Waals surface area (Å²) in [4.78, 5) is 5.55. The lowest BCUT2D eigenvalue weighted by Crippen LogP contribution is -2.18. The average Bonchev–Trinajstić information content (AvgIpc) is 2.97. The van der Waals surface area contributed by atoms with E-state index in [4.69, 9.17) is 4.74 Å². The van der Waals surface area contributed by atoms with E-state index in [2.05, 4.69) is 34.5 Å². The second-order valence-corrected chi connectivity index (χ2v) is 9.57. The molecule has 0 spiro atoms. The first-order chi connectivity index (χ1) is 16.7. The van der Waals surface area contributed by atoms with Crippen LogP contribution in [0.25, 0.3) is 5.57 Å². The fourth-order valence-electron chi connectivity index (χ4n) is 3.85. The van der Waals surface area contributed by atoms with Crippen molar-refractivity contribution in [3.63, 3.8) is 0 Å². The van der Waals surface area contributed by atoms with Crippen molar-refractivity contribution < 1.29 is 21.9 Å². The Hall–Kier alpha value is -3.90. The summed E-state index contributed by atoms with van der Waals surface area (Å²) in [5.74, 6) is 4.01. The minimum atomic E-state index is -4.38. The number of hydrogen-bond donors (Lipinski definition) is 1. The van der Waals surface area contributed by atoms with Crippen molar-refractivity contribution in [2.24, 2.45) is 0 Å². The largest absolute Gasteiger partial charge is 0.480 e. The van der Waals surface area contributed by atoms with Gasteiger partial charge < -0.3 is 9.64 Å². The molecule has 1 aromatic heterocycles. The van der Waals surface area contributed by atoms with Gasteiger partial charge in [-0.25, -0.2) is 22.2 Å². The normalized spacial score (nSPS) is 15.4. The molecule has 0 radical (unpaired) electrons. The summed E-state index contributed by atoms with van der Waals surface area (Å²) in [6.07, 6.45) is 11.3. The molecule has 1 N–H and O–H groups in total. The molecular formula is C26H23F2N3O3S. The molecule has 0 saturated carbocycles. The van der Waals surface area contributed by atoms with Gasteiger partial charge in [-0.2, -0.15) is 0 Å². The maximum atomic E-state index is 14.2. The quantitative estimate of drug-likeness (QED) is 0.566. The lowest BCUT2D eigenvalue weighted by molar-refractivity contribution is 0.400. The van der Waals surface area contributed by atoms with Crippen LogP contribution in [0.5, 0.6) is 5.88 Å². The van der Waals surface area contributed by atoms with Crippen LogP contribution in [0.1, 0.15) is 32.3 Å². The number of benzene rings is 1. The SMILES string of the molecule is CC#CC1=CCCC(C)=C2C=CC(c3cnc(OC)c(NS(=O)(=O)c4ccc(F)cc4F)c3)=CN12. The summed E-state index contributed by atoms with van der Waals surface area (Å²) in [7, 11) is -3.04. The second-order valence-electron chi connectivity index (χ2n) is 7.92. The van der Waals surface area contributed by atoms with Crippen LogP contribution in [-0.2, 0) is 10.0 Å². The minimum Gasteiger partial charge on any atom is -0.480 e. The first-order valence-electron chi connectivity index (χ1n) is 10.8. The van der Waals surface area contributed by atoms with Crippen LogP contribution in [-0.4, -0.2) is 25.4 Å². The first-order valence-corrected chi connectivity index (χ1v) is 12.3. The number of aromatic nitrogens is 1. The van der Waals surface area contributed by atoms with Crippen molar-refractivity contribution >= 4 is 21.3 Å². The Kier molecular flexibility index (Phi) is 6.76. The van der Waals surface area contributed by atoms with E-state index in [9.17, 15) is 17.2 Å². The minimum absolute atomic E-state index is 0.00358. The number of pyridine rings is 1. The molecule has 0 bridgehead atoms. The highest BCUT2D eigenvalue weighted by Gasteiger charge is 2.24. The van der Waals surface area contributed by atoms with Crippen molar-refractivity contribution in [3.05, 3.63) is 89.1 Å². The molecule has 0 fully saturated rings. The zero-order valence-electron chi connectivity index (χ0n) is 19.4. The number of allylic oxidation sites excluding steroid dienone is 6. The van der Waals surface area contributed by atoms with Crippen LogP contribution in [0, 0.1) is 23.5 Å². The molecule has 0 aliphatic carbocycles. The van der Waals surface area contributed by atoms with Gasteiger partial charge in [0.2, 0.25) is 5.88 Å². The van der Waals surface area contributed by atoms with Crippen LogP contribution in [0.4, 0.5) is 14.5 Å². The van der Waals surface area contributed by atoms with Gasteiger partial charge in [0.15, 0.2) is 0 Å². The number of halogens is 2. The van der Waals surface area contributed by atoms with Crippen LogP contribution in [0.2, 0.25) is 0 Å². The molecule has 9 heteroatoms. The van der Waals surface area contributed by atoms with Crippen LogP contribution >= 0.6 is 0 Å². The Morgan fingerprint density at radius 3 is 2.71 bits per heavy atom. The molecule has 1 aromatic carbocycles. The van der Waals surface area contributed by atoms with Gasteiger partial charge in [0, 0.05) is 35.3 Å². The number of ether oxygens (including phenoxy) is 1. The van der Waals surface area contributed by atoms with Crippen molar-refractivity contribution in [1.82, 2.24) is 9.88 Å². The van der Waals surface area contributed by atoms with Crippen molar-refractivity contribution in [3.8, 4) is 17.7 Å². The van der Waals surface area contributed by atoms with Crippen molar-refractivity contribution in [2.75, 3.05) is 11.8 Å². The first kappa shape index (κ1) is 24.2. The third-order valence-electron chi connectivity index (χ3n) is 5.56. The average molecular weight is 496 g/mol. The molecule has 0 saturated heterocycles. The fourth-order valence-corrected chi connectivity index (χ4v) is 4.96. The van der Waals surface area contributed by atoms with Gasteiger partial charge in [0.1, 0.15) is 22.2 Å². The van der Waals surface area contributed by atoms with Crippen LogP contribution in [0.15, 0.2) is 76.8 Å². The van der Waals surface area contributed by atoms with E-state index in [1.54, 1.807) is 19.2 Å². The van der Waals surface area contributed by atoms with E-state index in [0.29, 0.717) is 11.6 Å².